The Morgan fingerprint density at radius 2 is 1.68 bits per heavy atom. The summed E-state index contributed by atoms with van der Waals surface area (Å²) < 4.78 is 71.0. The Morgan fingerprint density at radius 3 is 2.25 bits per heavy atom. The molecule has 0 spiro atoms. The molecule has 0 saturated heterocycles. The second-order valence-corrected chi connectivity index (χ2v) is 11.5. The summed E-state index contributed by atoms with van der Waals surface area (Å²) in [6, 6.07) is 19.7. The fourth-order valence-electron chi connectivity index (χ4n) is 4.87. The maximum Gasteiger partial charge on any atom is 0.534 e. The Hall–Kier alpha value is -3.79. The molecule has 0 amide bonds. The van der Waals surface area contributed by atoms with E-state index in [2.05, 4.69) is 51.9 Å². The molecular weight excluding hydrogens is 543 g/mol. The lowest BCUT2D eigenvalue weighted by molar-refractivity contribution is -0.134. The van der Waals surface area contributed by atoms with Crippen molar-refractivity contribution >= 4 is 27.9 Å². The number of carbonyl (C=O) groups is 1. The topological polar surface area (TPSA) is 72.9 Å². The number of nitrogens with zero attached hydrogens (tertiary/aromatic N) is 1. The molecule has 2 unspecified atom stereocenters. The van der Waals surface area contributed by atoms with Gasteiger partial charge in [-0.2, -0.15) is 21.6 Å². The third-order valence-electron chi connectivity index (χ3n) is 6.89. The smallest absolute Gasteiger partial charge is 0.466 e. The van der Waals surface area contributed by atoms with E-state index in [0.29, 0.717) is 17.9 Å². The first-order valence-electron chi connectivity index (χ1n) is 12.7. The Labute approximate surface area is 232 Å². The molecule has 1 heterocycles. The van der Waals surface area contributed by atoms with Gasteiger partial charge >= 0.3 is 21.6 Å². The zero-order valence-corrected chi connectivity index (χ0v) is 23.3. The Balaban J connectivity index is 1.78. The van der Waals surface area contributed by atoms with Gasteiger partial charge in [-0.05, 0) is 77.4 Å². The summed E-state index contributed by atoms with van der Waals surface area (Å²) in [5, 5.41) is 0. The van der Waals surface area contributed by atoms with Gasteiger partial charge < -0.3 is 13.8 Å². The van der Waals surface area contributed by atoms with Gasteiger partial charge in [0, 0.05) is 17.8 Å². The van der Waals surface area contributed by atoms with Crippen LogP contribution >= 0.6 is 0 Å². The molecule has 1 aliphatic heterocycles. The number of benzene rings is 3. The van der Waals surface area contributed by atoms with Gasteiger partial charge in [0.05, 0.1) is 13.2 Å². The van der Waals surface area contributed by atoms with Crippen LogP contribution in [0.1, 0.15) is 60.5 Å². The molecule has 6 nitrogen and oxygen atoms in total. The number of carbonyl (C=O) groups excluding carboxylic acids is 1. The van der Waals surface area contributed by atoms with Crippen LogP contribution in [0, 0.1) is 0 Å². The maximum absolute atomic E-state index is 12.9. The summed E-state index contributed by atoms with van der Waals surface area (Å²) in [7, 11) is -4.49. The molecule has 0 N–H and O–H groups in total. The second kappa shape index (κ2) is 11.4. The summed E-state index contributed by atoms with van der Waals surface area (Å²) in [6.07, 6.45) is 3.42. The summed E-state index contributed by atoms with van der Waals surface area (Å²) in [6.45, 7) is 6.25. The molecule has 10 heteroatoms. The van der Waals surface area contributed by atoms with Crippen molar-refractivity contribution < 1.29 is 35.3 Å². The minimum atomic E-state index is -5.79. The summed E-state index contributed by atoms with van der Waals surface area (Å²) in [5.41, 5.74) is -0.152. The van der Waals surface area contributed by atoms with Crippen molar-refractivity contribution in [3.63, 3.8) is 0 Å². The van der Waals surface area contributed by atoms with Crippen molar-refractivity contribution in [1.82, 2.24) is 0 Å². The first kappa shape index (κ1) is 29.2. The van der Waals surface area contributed by atoms with Gasteiger partial charge in [0.15, 0.2) is 0 Å². The molecule has 40 heavy (non-hydrogen) atoms. The third kappa shape index (κ3) is 6.17. The quantitative estimate of drug-likeness (QED) is 0.135. The van der Waals surface area contributed by atoms with Crippen LogP contribution in [-0.2, 0) is 26.1 Å². The van der Waals surface area contributed by atoms with Gasteiger partial charge in [-0.15, -0.1) is 0 Å². The number of methoxy groups -OCH3 is 1. The van der Waals surface area contributed by atoms with Crippen LogP contribution in [0.25, 0.3) is 6.08 Å². The zero-order valence-electron chi connectivity index (χ0n) is 22.5. The second-order valence-electron chi connectivity index (χ2n) is 9.98. The minimum absolute atomic E-state index is 0.0872. The molecule has 0 radical (unpaired) electrons. The van der Waals surface area contributed by atoms with Gasteiger partial charge in [0.25, 0.3) is 0 Å². The molecule has 0 bridgehead atoms. The van der Waals surface area contributed by atoms with Gasteiger partial charge in [-0.3, -0.25) is 0 Å². The van der Waals surface area contributed by atoms with Crippen LogP contribution in [0.5, 0.6) is 5.75 Å². The number of hydrogen-bond donors (Lipinski definition) is 0. The highest BCUT2D eigenvalue weighted by molar-refractivity contribution is 7.88. The molecule has 2 atom stereocenters. The van der Waals surface area contributed by atoms with E-state index in [0.717, 1.165) is 22.4 Å². The largest absolute Gasteiger partial charge is 0.534 e. The van der Waals surface area contributed by atoms with E-state index in [-0.39, 0.29) is 17.8 Å². The van der Waals surface area contributed by atoms with Crippen molar-refractivity contribution in [3.05, 3.63) is 101 Å². The van der Waals surface area contributed by atoms with E-state index in [1.165, 1.54) is 30.9 Å². The van der Waals surface area contributed by atoms with Crippen LogP contribution in [0.4, 0.5) is 18.9 Å². The standard InChI is InChI=1S/C30H30F3NO5S/c1-19(2)22-10-12-25(13-11-22)34-20(3)17-24-18-26(39-40(36,37)30(31,32)33)14-15-27(24)29(34)23-8-5-21(6-9-23)7-16-28(35)38-4/h5-16,18-20,29H,17H2,1-4H3/b16-7+. The zero-order chi connectivity index (χ0) is 29.2. The molecule has 212 valence electrons. The molecule has 1 aliphatic rings. The fourth-order valence-corrected chi connectivity index (χ4v) is 5.32. The van der Waals surface area contributed by atoms with Crippen molar-refractivity contribution in [1.29, 1.82) is 0 Å². The van der Waals surface area contributed by atoms with E-state index in [1.807, 2.05) is 31.2 Å². The van der Waals surface area contributed by atoms with E-state index in [4.69, 9.17) is 0 Å². The highest BCUT2D eigenvalue weighted by Crippen LogP contribution is 2.43. The molecule has 4 rings (SSSR count). The lowest BCUT2D eigenvalue weighted by atomic mass is 9.84. The number of fused-ring (bicyclic) bond motifs is 1. The number of halogens is 3. The van der Waals surface area contributed by atoms with E-state index >= 15 is 0 Å². The average Bonchev–Trinajstić information content (AvgIpc) is 2.90. The minimum Gasteiger partial charge on any atom is -0.466 e. The first-order valence-corrected chi connectivity index (χ1v) is 14.1. The SMILES string of the molecule is COC(=O)/C=C/c1ccc(C2c3ccc(OS(=O)(=O)C(F)(F)F)cc3CC(C)N2c2ccc(C(C)C)cc2)cc1. The van der Waals surface area contributed by atoms with Crippen LogP contribution in [0.2, 0.25) is 0 Å². The lowest BCUT2D eigenvalue weighted by Gasteiger charge is -2.44. The molecule has 0 aromatic heterocycles. The Bertz CT molecular complexity index is 1500. The van der Waals surface area contributed by atoms with Gasteiger partial charge in [0.1, 0.15) is 5.75 Å². The maximum atomic E-state index is 12.9. The van der Waals surface area contributed by atoms with Crippen LogP contribution in [0.3, 0.4) is 0 Å². The summed E-state index contributed by atoms with van der Waals surface area (Å²) in [4.78, 5) is 13.7. The third-order valence-corrected chi connectivity index (χ3v) is 7.87. The highest BCUT2D eigenvalue weighted by Gasteiger charge is 2.48. The predicted molar refractivity (Wildman–Crippen MR) is 148 cm³/mol. The average molecular weight is 574 g/mol. The van der Waals surface area contributed by atoms with E-state index < -0.39 is 21.6 Å². The Kier molecular flexibility index (Phi) is 8.30. The molecular formula is C30H30F3NO5S. The van der Waals surface area contributed by atoms with Crippen molar-refractivity contribution in [2.24, 2.45) is 0 Å². The number of hydrogen-bond acceptors (Lipinski definition) is 6. The number of alkyl halides is 3. The number of anilines is 1. The fraction of sp³-hybridized carbons (Fsp3) is 0.300. The number of rotatable bonds is 7. The lowest BCUT2D eigenvalue weighted by Crippen LogP contribution is -2.43. The van der Waals surface area contributed by atoms with Crippen LogP contribution < -0.4 is 9.08 Å². The normalized spacial score (nSPS) is 17.6. The van der Waals surface area contributed by atoms with Crippen molar-refractivity contribution in [2.45, 2.75) is 50.7 Å². The van der Waals surface area contributed by atoms with Gasteiger partial charge in [-0.25, -0.2) is 4.79 Å². The highest BCUT2D eigenvalue weighted by atomic mass is 32.2. The van der Waals surface area contributed by atoms with E-state index in [1.54, 1.807) is 12.1 Å². The summed E-state index contributed by atoms with van der Waals surface area (Å²) in [5.74, 6) is -0.498. The monoisotopic (exact) mass is 573 g/mol. The molecule has 0 saturated carbocycles. The number of ether oxygens (including phenoxy) is 1. The molecule has 3 aromatic rings. The molecule has 0 aliphatic carbocycles. The predicted octanol–water partition coefficient (Wildman–Crippen LogP) is 6.77. The molecule has 3 aromatic carbocycles. The number of esters is 1. The van der Waals surface area contributed by atoms with Gasteiger partial charge in [0.2, 0.25) is 0 Å². The first-order chi connectivity index (χ1) is 18.8. The molecule has 0 fully saturated rings. The van der Waals surface area contributed by atoms with Crippen molar-refractivity contribution in [3.8, 4) is 5.75 Å². The van der Waals surface area contributed by atoms with E-state index in [9.17, 15) is 26.4 Å². The van der Waals surface area contributed by atoms with Gasteiger partial charge in [-0.1, -0.05) is 56.3 Å². The van der Waals surface area contributed by atoms with Crippen LogP contribution in [-0.4, -0.2) is 33.0 Å². The Morgan fingerprint density at radius 1 is 1.02 bits per heavy atom. The van der Waals surface area contributed by atoms with Crippen LogP contribution in [0.15, 0.2) is 72.8 Å². The summed E-state index contributed by atoms with van der Waals surface area (Å²) >= 11 is 0. The van der Waals surface area contributed by atoms with Crippen molar-refractivity contribution in [2.75, 3.05) is 12.0 Å².